The summed E-state index contributed by atoms with van der Waals surface area (Å²) >= 11 is 0. The van der Waals surface area contributed by atoms with Crippen molar-refractivity contribution in [2.75, 3.05) is 12.3 Å². The molecular weight excluding hydrogens is 169 g/mol. The van der Waals surface area contributed by atoms with Crippen LogP contribution >= 0.6 is 7.14 Å². The first-order chi connectivity index (χ1) is 5.64. The predicted octanol–water partition coefficient (Wildman–Crippen LogP) is 3.08. The summed E-state index contributed by atoms with van der Waals surface area (Å²) in [6, 6.07) is 2.12. The monoisotopic (exact) mass is 187 g/mol. The highest BCUT2D eigenvalue weighted by Gasteiger charge is 2.27. The van der Waals surface area contributed by atoms with Gasteiger partial charge in [0.15, 0.2) is 0 Å². The van der Waals surface area contributed by atoms with Gasteiger partial charge in [-0.1, -0.05) is 20.8 Å². The second-order valence-electron chi connectivity index (χ2n) is 3.01. The molecule has 0 saturated heterocycles. The SMILES string of the molecule is CCC(CC#N)P(=O)(CC)CC. The number of nitrogens with zero attached hydrogens (tertiary/aromatic N) is 1. The van der Waals surface area contributed by atoms with Gasteiger partial charge in [-0.25, -0.2) is 0 Å². The Bertz CT molecular complexity index is 199. The third-order valence-electron chi connectivity index (χ3n) is 2.53. The van der Waals surface area contributed by atoms with Crippen molar-refractivity contribution in [3.8, 4) is 6.07 Å². The molecule has 1 unspecified atom stereocenters. The van der Waals surface area contributed by atoms with E-state index in [4.69, 9.17) is 5.26 Å². The quantitative estimate of drug-likeness (QED) is 0.620. The molecule has 0 N–H and O–H groups in total. The first-order valence-electron chi connectivity index (χ1n) is 4.59. The maximum absolute atomic E-state index is 12.1. The van der Waals surface area contributed by atoms with Crippen molar-refractivity contribution in [1.29, 1.82) is 5.26 Å². The van der Waals surface area contributed by atoms with Gasteiger partial charge in [-0.2, -0.15) is 5.26 Å². The Kier molecular flexibility index (Phi) is 5.25. The molecule has 0 fully saturated rings. The van der Waals surface area contributed by atoms with Crippen LogP contribution in [0.5, 0.6) is 0 Å². The molecule has 0 aromatic carbocycles. The van der Waals surface area contributed by atoms with Gasteiger partial charge in [-0.3, -0.25) is 0 Å². The zero-order valence-electron chi connectivity index (χ0n) is 8.21. The zero-order chi connectivity index (χ0) is 9.61. The Morgan fingerprint density at radius 2 is 1.83 bits per heavy atom. The number of nitriles is 1. The molecule has 0 rings (SSSR count). The van der Waals surface area contributed by atoms with Crippen molar-refractivity contribution in [3.63, 3.8) is 0 Å². The lowest BCUT2D eigenvalue weighted by Crippen LogP contribution is -2.10. The maximum Gasteiger partial charge on any atom is 0.0911 e. The molecule has 0 aliphatic rings. The molecule has 0 saturated carbocycles. The Balaban J connectivity index is 4.46. The Morgan fingerprint density at radius 3 is 2.08 bits per heavy atom. The molecule has 0 bridgehead atoms. The van der Waals surface area contributed by atoms with E-state index >= 15 is 0 Å². The zero-order valence-corrected chi connectivity index (χ0v) is 9.10. The van der Waals surface area contributed by atoms with Crippen LogP contribution in [0, 0.1) is 11.3 Å². The van der Waals surface area contributed by atoms with Crippen LogP contribution in [0.1, 0.15) is 33.6 Å². The van der Waals surface area contributed by atoms with Crippen molar-refractivity contribution >= 4 is 7.14 Å². The van der Waals surface area contributed by atoms with Crippen LogP contribution in [-0.2, 0) is 4.57 Å². The summed E-state index contributed by atoms with van der Waals surface area (Å²) in [4.78, 5) is 0. The molecule has 0 aromatic heterocycles. The lowest BCUT2D eigenvalue weighted by Gasteiger charge is -2.22. The standard InChI is InChI=1S/C9H18NOP/c1-4-9(7-8-10)12(11,5-2)6-3/h9H,4-7H2,1-3H3. The van der Waals surface area contributed by atoms with Gasteiger partial charge in [-0.05, 0) is 18.7 Å². The van der Waals surface area contributed by atoms with E-state index in [-0.39, 0.29) is 5.66 Å². The van der Waals surface area contributed by atoms with Crippen LogP contribution in [0.4, 0.5) is 0 Å². The average molecular weight is 187 g/mol. The molecular formula is C9H18NOP. The van der Waals surface area contributed by atoms with E-state index in [1.807, 2.05) is 20.8 Å². The van der Waals surface area contributed by atoms with Crippen LogP contribution in [0.15, 0.2) is 0 Å². The second-order valence-corrected chi connectivity index (χ2v) is 6.91. The highest BCUT2D eigenvalue weighted by molar-refractivity contribution is 7.64. The summed E-state index contributed by atoms with van der Waals surface area (Å²) in [7, 11) is -2.03. The fourth-order valence-electron chi connectivity index (χ4n) is 1.49. The van der Waals surface area contributed by atoms with Crippen LogP contribution in [0.2, 0.25) is 0 Å². The van der Waals surface area contributed by atoms with Crippen LogP contribution in [0.25, 0.3) is 0 Å². The van der Waals surface area contributed by atoms with E-state index in [1.54, 1.807) is 0 Å². The number of rotatable bonds is 5. The van der Waals surface area contributed by atoms with E-state index < -0.39 is 7.14 Å². The Morgan fingerprint density at radius 1 is 1.33 bits per heavy atom. The summed E-state index contributed by atoms with van der Waals surface area (Å²) in [6.07, 6.45) is 2.80. The van der Waals surface area contributed by atoms with Crippen LogP contribution in [0.3, 0.4) is 0 Å². The molecule has 0 amide bonds. The normalized spacial score (nSPS) is 13.8. The van der Waals surface area contributed by atoms with E-state index in [9.17, 15) is 4.57 Å². The highest BCUT2D eigenvalue weighted by atomic mass is 31.2. The van der Waals surface area contributed by atoms with Crippen molar-refractivity contribution < 1.29 is 4.57 Å². The largest absolute Gasteiger partial charge is 0.323 e. The van der Waals surface area contributed by atoms with Gasteiger partial charge in [-0.15, -0.1) is 0 Å². The van der Waals surface area contributed by atoms with Crippen molar-refractivity contribution in [2.45, 2.75) is 39.3 Å². The van der Waals surface area contributed by atoms with Crippen LogP contribution < -0.4 is 0 Å². The lowest BCUT2D eigenvalue weighted by molar-refractivity contribution is 0.562. The summed E-state index contributed by atoms with van der Waals surface area (Å²) in [6.45, 7) is 5.94. The molecule has 0 spiro atoms. The van der Waals surface area contributed by atoms with E-state index in [0.717, 1.165) is 18.7 Å². The summed E-state index contributed by atoms with van der Waals surface area (Å²) in [5, 5.41) is 8.55. The van der Waals surface area contributed by atoms with Gasteiger partial charge in [0.1, 0.15) is 0 Å². The minimum atomic E-state index is -2.03. The molecule has 0 aliphatic heterocycles. The molecule has 12 heavy (non-hydrogen) atoms. The van der Waals surface area contributed by atoms with Crippen LogP contribution in [-0.4, -0.2) is 18.0 Å². The van der Waals surface area contributed by atoms with E-state index in [0.29, 0.717) is 6.42 Å². The first kappa shape index (κ1) is 11.7. The second kappa shape index (κ2) is 5.38. The summed E-state index contributed by atoms with van der Waals surface area (Å²) < 4.78 is 12.1. The highest BCUT2D eigenvalue weighted by Crippen LogP contribution is 2.52. The Labute approximate surface area is 75.3 Å². The fraction of sp³-hybridized carbons (Fsp3) is 0.889. The molecule has 70 valence electrons. The Hall–Kier alpha value is -0.280. The van der Waals surface area contributed by atoms with Crippen molar-refractivity contribution in [2.24, 2.45) is 0 Å². The van der Waals surface area contributed by atoms with Gasteiger partial charge in [0.2, 0.25) is 0 Å². The molecule has 2 nitrogen and oxygen atoms in total. The smallest absolute Gasteiger partial charge is 0.0911 e. The first-order valence-corrected chi connectivity index (χ1v) is 6.73. The third-order valence-corrected chi connectivity index (χ3v) is 6.55. The minimum absolute atomic E-state index is 0.137. The van der Waals surface area contributed by atoms with Gasteiger partial charge < -0.3 is 4.57 Å². The van der Waals surface area contributed by atoms with Crippen molar-refractivity contribution in [3.05, 3.63) is 0 Å². The van der Waals surface area contributed by atoms with Gasteiger partial charge in [0.05, 0.1) is 13.2 Å². The number of hydrogen-bond donors (Lipinski definition) is 0. The number of hydrogen-bond acceptors (Lipinski definition) is 2. The molecule has 0 aliphatic carbocycles. The summed E-state index contributed by atoms with van der Waals surface area (Å²) in [5.41, 5.74) is 0.137. The van der Waals surface area contributed by atoms with Gasteiger partial charge >= 0.3 is 0 Å². The predicted molar refractivity (Wildman–Crippen MR) is 53.0 cm³/mol. The van der Waals surface area contributed by atoms with Gasteiger partial charge in [0, 0.05) is 12.1 Å². The molecule has 0 radical (unpaired) electrons. The third kappa shape index (κ3) is 2.64. The molecule has 1 atom stereocenters. The van der Waals surface area contributed by atoms with E-state index in [2.05, 4.69) is 6.07 Å². The van der Waals surface area contributed by atoms with Gasteiger partial charge in [0.25, 0.3) is 0 Å². The lowest BCUT2D eigenvalue weighted by atomic mass is 10.3. The summed E-state index contributed by atoms with van der Waals surface area (Å²) in [5.74, 6) is 0. The molecule has 0 aromatic rings. The topological polar surface area (TPSA) is 40.9 Å². The minimum Gasteiger partial charge on any atom is -0.323 e. The molecule has 0 heterocycles. The maximum atomic E-state index is 12.1. The van der Waals surface area contributed by atoms with Crippen molar-refractivity contribution in [1.82, 2.24) is 0 Å². The molecule has 3 heteroatoms. The fourth-order valence-corrected chi connectivity index (χ4v) is 4.05. The average Bonchev–Trinajstić information content (AvgIpc) is 2.13. The van der Waals surface area contributed by atoms with E-state index in [1.165, 1.54) is 0 Å².